The van der Waals surface area contributed by atoms with Crippen molar-refractivity contribution in [1.29, 1.82) is 0 Å². The quantitative estimate of drug-likeness (QED) is 0.725. The molecule has 2 aromatic carbocycles. The molecule has 0 aliphatic rings. The third kappa shape index (κ3) is 4.00. The van der Waals surface area contributed by atoms with Crippen molar-refractivity contribution in [1.82, 2.24) is 10.3 Å². The second kappa shape index (κ2) is 7.85. The normalized spacial score (nSPS) is 12.1. The molecule has 1 unspecified atom stereocenters. The lowest BCUT2D eigenvalue weighted by Gasteiger charge is -2.17. The topological polar surface area (TPSA) is 62.2 Å². The van der Waals surface area contributed by atoms with Crippen LogP contribution in [0.3, 0.4) is 0 Å². The van der Waals surface area contributed by atoms with Crippen LogP contribution in [0, 0.1) is 5.82 Å². The first-order valence-electron chi connectivity index (χ1n) is 8.17. The number of nitrogens with one attached hydrogen (secondary N) is 1. The van der Waals surface area contributed by atoms with Gasteiger partial charge in [0, 0.05) is 30.7 Å². The molecule has 1 atom stereocenters. The number of carbonyl (C=O) groups is 1. The number of pyridine rings is 1. The van der Waals surface area contributed by atoms with Crippen LogP contribution >= 0.6 is 0 Å². The smallest absolute Gasteiger partial charge is 0.253 e. The molecule has 3 rings (SSSR count). The molecule has 0 bridgehead atoms. The van der Waals surface area contributed by atoms with Crippen molar-refractivity contribution in [2.45, 2.75) is 12.3 Å². The van der Waals surface area contributed by atoms with Gasteiger partial charge in [-0.3, -0.25) is 9.78 Å². The fourth-order valence-electron chi connectivity index (χ4n) is 2.91. The van der Waals surface area contributed by atoms with Crippen molar-refractivity contribution in [2.24, 2.45) is 0 Å². The Balaban J connectivity index is 1.80. The van der Waals surface area contributed by atoms with Crippen LogP contribution in [-0.2, 0) is 0 Å². The van der Waals surface area contributed by atoms with Crippen LogP contribution in [-0.4, -0.2) is 29.1 Å². The van der Waals surface area contributed by atoms with E-state index in [1.165, 1.54) is 12.1 Å². The van der Waals surface area contributed by atoms with Crippen LogP contribution < -0.4 is 5.32 Å². The summed E-state index contributed by atoms with van der Waals surface area (Å²) in [7, 11) is 0. The molecule has 128 valence electrons. The van der Waals surface area contributed by atoms with Gasteiger partial charge < -0.3 is 10.4 Å². The van der Waals surface area contributed by atoms with Gasteiger partial charge in [-0.1, -0.05) is 36.4 Å². The highest BCUT2D eigenvalue weighted by Gasteiger charge is 2.16. The monoisotopic (exact) mass is 338 g/mol. The molecule has 0 saturated heterocycles. The van der Waals surface area contributed by atoms with Crippen molar-refractivity contribution in [3.63, 3.8) is 0 Å². The summed E-state index contributed by atoms with van der Waals surface area (Å²) in [6.45, 7) is 0.383. The van der Waals surface area contributed by atoms with Gasteiger partial charge in [0.25, 0.3) is 5.91 Å². The van der Waals surface area contributed by atoms with Gasteiger partial charge in [0.2, 0.25) is 0 Å². The minimum absolute atomic E-state index is 0.0112. The summed E-state index contributed by atoms with van der Waals surface area (Å²) in [5.74, 6) is -0.856. The van der Waals surface area contributed by atoms with Gasteiger partial charge in [-0.05, 0) is 30.2 Å². The van der Waals surface area contributed by atoms with E-state index in [1.807, 2.05) is 30.3 Å². The Hall–Kier alpha value is -2.79. The number of aromatic nitrogens is 1. The molecule has 5 heteroatoms. The molecule has 1 heterocycles. The van der Waals surface area contributed by atoms with E-state index in [4.69, 9.17) is 0 Å². The first-order chi connectivity index (χ1) is 12.2. The number of aliphatic hydroxyl groups is 1. The van der Waals surface area contributed by atoms with Crippen LogP contribution in [0.5, 0.6) is 0 Å². The lowest BCUT2D eigenvalue weighted by atomic mass is 9.96. The fourth-order valence-corrected chi connectivity index (χ4v) is 2.91. The third-order valence-corrected chi connectivity index (χ3v) is 4.17. The summed E-state index contributed by atoms with van der Waals surface area (Å²) in [5.41, 5.74) is 1.73. The molecule has 0 fully saturated rings. The molecule has 1 amide bonds. The minimum Gasteiger partial charge on any atom is -0.396 e. The largest absolute Gasteiger partial charge is 0.396 e. The predicted molar refractivity (Wildman–Crippen MR) is 94.9 cm³/mol. The second-order valence-electron chi connectivity index (χ2n) is 5.86. The molecule has 2 N–H and O–H groups in total. The summed E-state index contributed by atoms with van der Waals surface area (Å²) in [6.07, 6.45) is 2.11. The molecule has 3 aromatic rings. The average molecular weight is 338 g/mol. The highest BCUT2D eigenvalue weighted by Crippen LogP contribution is 2.20. The Bertz CT molecular complexity index is 868. The third-order valence-electron chi connectivity index (χ3n) is 4.17. The molecular formula is C20H19FN2O2. The average Bonchev–Trinajstić information content (AvgIpc) is 2.64. The molecule has 0 aliphatic heterocycles. The lowest BCUT2D eigenvalue weighted by molar-refractivity contribution is 0.0950. The Morgan fingerprint density at radius 3 is 2.72 bits per heavy atom. The Kier molecular flexibility index (Phi) is 5.36. The fraction of sp³-hybridized carbons (Fsp3) is 0.200. The maximum Gasteiger partial charge on any atom is 0.253 e. The van der Waals surface area contributed by atoms with Gasteiger partial charge in [-0.2, -0.15) is 0 Å². The zero-order chi connectivity index (χ0) is 17.6. The maximum absolute atomic E-state index is 13.8. The highest BCUT2D eigenvalue weighted by atomic mass is 19.1. The Morgan fingerprint density at radius 1 is 1.16 bits per heavy atom. The van der Waals surface area contributed by atoms with E-state index in [1.54, 1.807) is 18.3 Å². The Morgan fingerprint density at radius 2 is 1.96 bits per heavy atom. The van der Waals surface area contributed by atoms with Crippen LogP contribution in [0.4, 0.5) is 4.39 Å². The number of fused-ring (bicyclic) bond motifs is 1. The molecular weight excluding hydrogens is 319 g/mol. The van der Waals surface area contributed by atoms with E-state index < -0.39 is 5.82 Å². The number of nitrogens with zero attached hydrogens (tertiary/aromatic N) is 1. The van der Waals surface area contributed by atoms with E-state index in [0.717, 1.165) is 5.56 Å². The van der Waals surface area contributed by atoms with Crippen LogP contribution in [0.25, 0.3) is 10.9 Å². The van der Waals surface area contributed by atoms with E-state index in [-0.39, 0.29) is 24.0 Å². The van der Waals surface area contributed by atoms with Gasteiger partial charge in [0.05, 0.1) is 11.1 Å². The van der Waals surface area contributed by atoms with Gasteiger partial charge in [0.15, 0.2) is 0 Å². The van der Waals surface area contributed by atoms with Gasteiger partial charge in [-0.25, -0.2) is 4.39 Å². The summed E-state index contributed by atoms with van der Waals surface area (Å²) in [6, 6.07) is 15.7. The lowest BCUT2D eigenvalue weighted by Crippen LogP contribution is -2.29. The Labute approximate surface area is 145 Å². The van der Waals surface area contributed by atoms with Gasteiger partial charge in [-0.15, -0.1) is 0 Å². The number of halogens is 1. The van der Waals surface area contributed by atoms with E-state index in [9.17, 15) is 14.3 Å². The highest BCUT2D eigenvalue weighted by molar-refractivity contribution is 6.05. The van der Waals surface area contributed by atoms with Crippen molar-refractivity contribution < 1.29 is 14.3 Å². The maximum atomic E-state index is 13.8. The van der Waals surface area contributed by atoms with Gasteiger partial charge >= 0.3 is 0 Å². The molecule has 0 saturated carbocycles. The van der Waals surface area contributed by atoms with Crippen molar-refractivity contribution in [3.8, 4) is 0 Å². The summed E-state index contributed by atoms with van der Waals surface area (Å²) < 4.78 is 13.8. The molecule has 1 aromatic heterocycles. The van der Waals surface area contributed by atoms with Crippen LogP contribution in [0.2, 0.25) is 0 Å². The zero-order valence-corrected chi connectivity index (χ0v) is 13.7. The van der Waals surface area contributed by atoms with Crippen LogP contribution in [0.15, 0.2) is 60.8 Å². The van der Waals surface area contributed by atoms with E-state index >= 15 is 0 Å². The second-order valence-corrected chi connectivity index (χ2v) is 5.86. The number of aliphatic hydroxyl groups excluding tert-OH is 1. The van der Waals surface area contributed by atoms with Crippen molar-refractivity contribution in [2.75, 3.05) is 13.2 Å². The summed E-state index contributed by atoms with van der Waals surface area (Å²) in [4.78, 5) is 16.8. The minimum atomic E-state index is -0.472. The standard InChI is InChI=1S/C20H19FN2O2/c21-17-11-15-7-4-9-22-19(15)18(12-17)20(25)23-13-16(8-10-24)14-5-2-1-3-6-14/h1-7,9,11-12,16,24H,8,10,13H2,(H,23,25). The van der Waals surface area contributed by atoms with Crippen molar-refractivity contribution >= 4 is 16.8 Å². The number of rotatable bonds is 6. The van der Waals surface area contributed by atoms with E-state index in [2.05, 4.69) is 10.3 Å². The van der Waals surface area contributed by atoms with Crippen molar-refractivity contribution in [3.05, 3.63) is 77.7 Å². The van der Waals surface area contributed by atoms with E-state index in [0.29, 0.717) is 23.9 Å². The number of hydrogen-bond donors (Lipinski definition) is 2. The molecule has 4 nitrogen and oxygen atoms in total. The first kappa shape index (κ1) is 17.0. The molecule has 25 heavy (non-hydrogen) atoms. The number of benzene rings is 2. The van der Waals surface area contributed by atoms with Gasteiger partial charge in [0.1, 0.15) is 5.82 Å². The predicted octanol–water partition coefficient (Wildman–Crippen LogP) is 3.27. The summed E-state index contributed by atoms with van der Waals surface area (Å²) in [5, 5.41) is 12.7. The summed E-state index contributed by atoms with van der Waals surface area (Å²) >= 11 is 0. The SMILES string of the molecule is O=C(NCC(CCO)c1ccccc1)c1cc(F)cc2cccnc12. The van der Waals surface area contributed by atoms with Crippen LogP contribution in [0.1, 0.15) is 28.3 Å². The number of carbonyl (C=O) groups excluding carboxylic acids is 1. The molecule has 0 spiro atoms. The molecule has 0 radical (unpaired) electrons. The first-order valence-corrected chi connectivity index (χ1v) is 8.17. The number of amides is 1. The molecule has 0 aliphatic carbocycles. The zero-order valence-electron chi connectivity index (χ0n) is 13.7. The number of hydrogen-bond acceptors (Lipinski definition) is 3.